The fourth-order valence-electron chi connectivity index (χ4n) is 2.45. The molecule has 22 heavy (non-hydrogen) atoms. The minimum Gasteiger partial charge on any atom is -0.296 e. The first kappa shape index (κ1) is 16.0. The molecule has 1 unspecified atom stereocenters. The van der Waals surface area contributed by atoms with E-state index in [1.54, 1.807) is 0 Å². The monoisotopic (exact) mass is 327 g/mol. The second kappa shape index (κ2) is 5.46. The Morgan fingerprint density at radius 1 is 1.36 bits per heavy atom. The highest BCUT2D eigenvalue weighted by Crippen LogP contribution is 2.33. The second-order valence-corrected chi connectivity index (χ2v) is 6.49. The molecule has 118 valence electrons. The average Bonchev–Trinajstić information content (AvgIpc) is 2.38. The Balaban J connectivity index is 2.65. The summed E-state index contributed by atoms with van der Waals surface area (Å²) in [5, 5.41) is 18.2. The van der Waals surface area contributed by atoms with Gasteiger partial charge in [0.05, 0.1) is 15.7 Å². The van der Waals surface area contributed by atoms with Crippen LogP contribution in [0.5, 0.6) is 0 Å². The van der Waals surface area contributed by atoms with Gasteiger partial charge < -0.3 is 0 Å². The number of carbonyl (C=O) groups excluding carboxylic acids is 2. The van der Waals surface area contributed by atoms with Crippen LogP contribution in [0.15, 0.2) is 17.0 Å². The molecule has 0 radical (unpaired) electrons. The summed E-state index contributed by atoms with van der Waals surface area (Å²) < 4.78 is 23.2. The summed E-state index contributed by atoms with van der Waals surface area (Å²) in [4.78, 5) is 32.9. The maximum Gasteiger partial charge on any atom is 0.271 e. The molecular formula is C12H13N3O6S. The highest BCUT2D eigenvalue weighted by atomic mass is 32.2. The van der Waals surface area contributed by atoms with Crippen molar-refractivity contribution in [3.63, 3.8) is 0 Å². The summed E-state index contributed by atoms with van der Waals surface area (Å²) in [5.41, 5.74) is -0.125. The molecule has 1 aliphatic rings. The Labute approximate surface area is 125 Å². The first-order chi connectivity index (χ1) is 10.1. The molecule has 9 nitrogen and oxygen atoms in total. The number of nitrogens with zero attached hydrogens (tertiary/aromatic N) is 1. The minimum atomic E-state index is -4.18. The number of non-ortho nitro benzene ring substituents is 1. The number of hydrogen-bond donors (Lipinski definition) is 2. The number of benzene rings is 1. The van der Waals surface area contributed by atoms with Crippen LogP contribution in [0.2, 0.25) is 0 Å². The van der Waals surface area contributed by atoms with Gasteiger partial charge in [-0.25, -0.2) is 13.6 Å². The molecule has 10 heteroatoms. The molecule has 0 aliphatic carbocycles. The lowest BCUT2D eigenvalue weighted by Crippen LogP contribution is -2.39. The van der Waals surface area contributed by atoms with Crippen molar-refractivity contribution < 1.29 is 22.9 Å². The molecular weight excluding hydrogens is 314 g/mol. The van der Waals surface area contributed by atoms with E-state index in [-0.39, 0.29) is 24.0 Å². The molecule has 0 bridgehead atoms. The zero-order valence-corrected chi connectivity index (χ0v) is 12.3. The predicted molar refractivity (Wildman–Crippen MR) is 74.3 cm³/mol. The summed E-state index contributed by atoms with van der Waals surface area (Å²) in [7, 11) is -4.18. The van der Waals surface area contributed by atoms with E-state index in [0.717, 1.165) is 12.1 Å². The Kier molecular flexibility index (Phi) is 3.98. The number of piperidine rings is 1. The standard InChI is InChI=1S/C12H13N3O6S/c1-6-9(8-2-3-11(16)14-12(8)17)4-7(15(18)19)5-10(6)22(13,20)21/h4-5,8H,2-3H2,1H3,(H2,13,20,21)(H,14,16,17). The van der Waals surface area contributed by atoms with E-state index in [9.17, 15) is 28.1 Å². The third-order valence-corrected chi connectivity index (χ3v) is 4.55. The van der Waals surface area contributed by atoms with Crippen LogP contribution in [-0.4, -0.2) is 25.2 Å². The van der Waals surface area contributed by atoms with Gasteiger partial charge in [0.1, 0.15) is 0 Å². The number of hydrogen-bond acceptors (Lipinski definition) is 6. The number of rotatable bonds is 3. The Morgan fingerprint density at radius 2 is 2.00 bits per heavy atom. The highest BCUT2D eigenvalue weighted by molar-refractivity contribution is 7.89. The molecule has 0 spiro atoms. The van der Waals surface area contributed by atoms with Crippen molar-refractivity contribution in [1.29, 1.82) is 0 Å². The van der Waals surface area contributed by atoms with E-state index in [2.05, 4.69) is 5.32 Å². The number of imide groups is 1. The fourth-order valence-corrected chi connectivity index (χ4v) is 3.28. The van der Waals surface area contributed by atoms with Crippen LogP contribution in [0, 0.1) is 17.0 Å². The van der Waals surface area contributed by atoms with Gasteiger partial charge in [-0.3, -0.25) is 25.0 Å². The molecule has 2 rings (SSSR count). The SMILES string of the molecule is Cc1c(C2CCC(=O)NC2=O)cc([N+](=O)[O-])cc1S(N)(=O)=O. The van der Waals surface area contributed by atoms with E-state index < -0.39 is 43.3 Å². The van der Waals surface area contributed by atoms with Crippen molar-refractivity contribution in [3.8, 4) is 0 Å². The number of carbonyl (C=O) groups is 2. The molecule has 1 atom stereocenters. The Bertz CT molecular complexity index is 786. The molecule has 1 aromatic rings. The van der Waals surface area contributed by atoms with Gasteiger partial charge in [0.2, 0.25) is 21.8 Å². The molecule has 0 saturated carbocycles. The van der Waals surface area contributed by atoms with Gasteiger partial charge in [-0.15, -0.1) is 0 Å². The van der Waals surface area contributed by atoms with Gasteiger partial charge in [0, 0.05) is 18.6 Å². The zero-order chi connectivity index (χ0) is 16.7. The van der Waals surface area contributed by atoms with E-state index in [1.807, 2.05) is 0 Å². The van der Waals surface area contributed by atoms with Crippen LogP contribution >= 0.6 is 0 Å². The summed E-state index contributed by atoms with van der Waals surface area (Å²) in [6.07, 6.45) is 0.222. The zero-order valence-electron chi connectivity index (χ0n) is 11.5. The van der Waals surface area contributed by atoms with Crippen LogP contribution in [0.4, 0.5) is 5.69 Å². The summed E-state index contributed by atoms with van der Waals surface area (Å²) in [6.45, 7) is 1.42. The van der Waals surface area contributed by atoms with Crippen molar-refractivity contribution in [3.05, 3.63) is 33.4 Å². The molecule has 1 fully saturated rings. The number of sulfonamides is 1. The van der Waals surface area contributed by atoms with Gasteiger partial charge in [-0.2, -0.15) is 0 Å². The van der Waals surface area contributed by atoms with Gasteiger partial charge >= 0.3 is 0 Å². The van der Waals surface area contributed by atoms with Crippen molar-refractivity contribution in [2.75, 3.05) is 0 Å². The lowest BCUT2D eigenvalue weighted by atomic mass is 9.87. The molecule has 3 N–H and O–H groups in total. The normalized spacial score (nSPS) is 18.9. The highest BCUT2D eigenvalue weighted by Gasteiger charge is 2.32. The van der Waals surface area contributed by atoms with Crippen LogP contribution < -0.4 is 10.5 Å². The van der Waals surface area contributed by atoms with E-state index in [4.69, 9.17) is 5.14 Å². The first-order valence-corrected chi connectivity index (χ1v) is 7.81. The molecule has 1 heterocycles. The smallest absolute Gasteiger partial charge is 0.271 e. The van der Waals surface area contributed by atoms with Crippen molar-refractivity contribution >= 4 is 27.5 Å². The molecule has 1 saturated heterocycles. The van der Waals surface area contributed by atoms with Crippen LogP contribution in [0.3, 0.4) is 0 Å². The Hall–Kier alpha value is -2.33. The number of nitrogens with two attached hydrogens (primary N) is 1. The number of nitro groups is 1. The number of nitrogens with one attached hydrogen (secondary N) is 1. The van der Waals surface area contributed by atoms with Crippen molar-refractivity contribution in [2.24, 2.45) is 5.14 Å². The summed E-state index contributed by atoms with van der Waals surface area (Å²) in [5.74, 6) is -1.88. The average molecular weight is 327 g/mol. The topological polar surface area (TPSA) is 149 Å². The maximum atomic E-state index is 11.9. The van der Waals surface area contributed by atoms with Crippen LogP contribution in [-0.2, 0) is 19.6 Å². The van der Waals surface area contributed by atoms with Gasteiger partial charge in [0.15, 0.2) is 0 Å². The predicted octanol–water partition coefficient (Wildman–Crippen LogP) is 0.0708. The van der Waals surface area contributed by atoms with E-state index in [0.29, 0.717) is 0 Å². The van der Waals surface area contributed by atoms with Crippen molar-refractivity contribution in [2.45, 2.75) is 30.6 Å². The second-order valence-electron chi connectivity index (χ2n) is 4.96. The van der Waals surface area contributed by atoms with Gasteiger partial charge in [-0.1, -0.05) is 0 Å². The number of amides is 2. The van der Waals surface area contributed by atoms with E-state index in [1.165, 1.54) is 6.92 Å². The fraction of sp³-hybridized carbons (Fsp3) is 0.333. The molecule has 1 aromatic carbocycles. The third kappa shape index (κ3) is 2.97. The van der Waals surface area contributed by atoms with Crippen LogP contribution in [0.25, 0.3) is 0 Å². The maximum absolute atomic E-state index is 11.9. The number of nitro benzene ring substituents is 1. The minimum absolute atomic E-state index is 0.0727. The summed E-state index contributed by atoms with van der Waals surface area (Å²) >= 11 is 0. The van der Waals surface area contributed by atoms with Gasteiger partial charge in [-0.05, 0) is 24.5 Å². The van der Waals surface area contributed by atoms with E-state index >= 15 is 0 Å². The largest absolute Gasteiger partial charge is 0.296 e. The lowest BCUT2D eigenvalue weighted by Gasteiger charge is -2.23. The van der Waals surface area contributed by atoms with Crippen LogP contribution in [0.1, 0.15) is 29.9 Å². The quantitative estimate of drug-likeness (QED) is 0.455. The third-order valence-electron chi connectivity index (χ3n) is 3.52. The first-order valence-electron chi connectivity index (χ1n) is 6.26. The molecule has 2 amide bonds. The van der Waals surface area contributed by atoms with Gasteiger partial charge in [0.25, 0.3) is 5.69 Å². The molecule has 1 aliphatic heterocycles. The molecule has 0 aromatic heterocycles. The summed E-state index contributed by atoms with van der Waals surface area (Å²) in [6, 6.07) is 2.00. The lowest BCUT2D eigenvalue weighted by molar-refractivity contribution is -0.385. The van der Waals surface area contributed by atoms with Crippen molar-refractivity contribution in [1.82, 2.24) is 5.32 Å². The Morgan fingerprint density at radius 3 is 2.50 bits per heavy atom. The number of primary sulfonamides is 1.